The summed E-state index contributed by atoms with van der Waals surface area (Å²) in [5.41, 5.74) is 0. The first kappa shape index (κ1) is 10.7. The van der Waals surface area contributed by atoms with E-state index < -0.39 is 12.1 Å². The van der Waals surface area contributed by atoms with Crippen LogP contribution in [0.2, 0.25) is 0 Å². The molecule has 0 radical (unpaired) electrons. The van der Waals surface area contributed by atoms with Crippen LogP contribution in [0.25, 0.3) is 0 Å². The zero-order valence-corrected chi connectivity index (χ0v) is 8.93. The van der Waals surface area contributed by atoms with Crippen molar-refractivity contribution in [2.75, 3.05) is 0 Å². The second kappa shape index (κ2) is 4.38. The van der Waals surface area contributed by atoms with Crippen molar-refractivity contribution in [3.63, 3.8) is 0 Å². The number of carbonyl (C=O) groups is 2. The molecule has 1 N–H and O–H groups in total. The van der Waals surface area contributed by atoms with E-state index in [-0.39, 0.29) is 17.7 Å². The fourth-order valence-electron chi connectivity index (χ4n) is 1.21. The molecular formula is C11H13NO4. The van der Waals surface area contributed by atoms with Gasteiger partial charge in [0.15, 0.2) is 6.10 Å². The van der Waals surface area contributed by atoms with Gasteiger partial charge in [-0.05, 0) is 31.9 Å². The van der Waals surface area contributed by atoms with Crippen molar-refractivity contribution in [3.05, 3.63) is 24.2 Å². The summed E-state index contributed by atoms with van der Waals surface area (Å²) in [6.45, 7) is 1.54. The summed E-state index contributed by atoms with van der Waals surface area (Å²) in [5, 5.41) is 2.76. The molecule has 1 heterocycles. The smallest absolute Gasteiger partial charge is 0.374 e. The Hall–Kier alpha value is -1.78. The summed E-state index contributed by atoms with van der Waals surface area (Å²) in [7, 11) is 0. The molecule has 1 aromatic heterocycles. The monoisotopic (exact) mass is 223 g/mol. The molecule has 16 heavy (non-hydrogen) atoms. The quantitative estimate of drug-likeness (QED) is 0.776. The van der Waals surface area contributed by atoms with Crippen LogP contribution >= 0.6 is 0 Å². The number of furan rings is 1. The van der Waals surface area contributed by atoms with E-state index in [1.54, 1.807) is 13.0 Å². The van der Waals surface area contributed by atoms with Crippen LogP contribution in [-0.2, 0) is 9.53 Å². The SMILES string of the molecule is C[C@@H](OC(=O)c1ccco1)C(=O)NC1CC1. The molecule has 1 aromatic rings. The third-order valence-electron chi connectivity index (χ3n) is 2.30. The second-order valence-corrected chi connectivity index (χ2v) is 3.81. The predicted molar refractivity (Wildman–Crippen MR) is 54.8 cm³/mol. The van der Waals surface area contributed by atoms with E-state index in [2.05, 4.69) is 5.32 Å². The van der Waals surface area contributed by atoms with Crippen LogP contribution in [0.3, 0.4) is 0 Å². The summed E-state index contributed by atoms with van der Waals surface area (Å²) in [4.78, 5) is 22.9. The Morgan fingerprint density at radius 1 is 1.56 bits per heavy atom. The normalized spacial score (nSPS) is 16.6. The van der Waals surface area contributed by atoms with Crippen molar-refractivity contribution in [2.24, 2.45) is 0 Å². The predicted octanol–water partition coefficient (Wildman–Crippen LogP) is 1.10. The van der Waals surface area contributed by atoms with Gasteiger partial charge in [-0.15, -0.1) is 0 Å². The van der Waals surface area contributed by atoms with Gasteiger partial charge in [0, 0.05) is 6.04 Å². The van der Waals surface area contributed by atoms with Crippen LogP contribution < -0.4 is 5.32 Å². The second-order valence-electron chi connectivity index (χ2n) is 3.81. The molecule has 1 amide bonds. The standard InChI is InChI=1S/C11H13NO4/c1-7(10(13)12-8-4-5-8)16-11(14)9-3-2-6-15-9/h2-3,6-8H,4-5H2,1H3,(H,12,13)/t7-/m1/s1. The fourth-order valence-corrected chi connectivity index (χ4v) is 1.21. The molecule has 0 unspecified atom stereocenters. The zero-order valence-electron chi connectivity index (χ0n) is 8.93. The van der Waals surface area contributed by atoms with Crippen LogP contribution in [0.4, 0.5) is 0 Å². The minimum atomic E-state index is -0.793. The molecule has 1 atom stereocenters. The highest BCUT2D eigenvalue weighted by atomic mass is 16.6. The Morgan fingerprint density at radius 3 is 2.88 bits per heavy atom. The van der Waals surface area contributed by atoms with Crippen molar-refractivity contribution in [2.45, 2.75) is 31.9 Å². The number of carbonyl (C=O) groups excluding carboxylic acids is 2. The Labute approximate surface area is 92.8 Å². The number of nitrogens with one attached hydrogen (secondary N) is 1. The highest BCUT2D eigenvalue weighted by Crippen LogP contribution is 2.18. The van der Waals surface area contributed by atoms with Gasteiger partial charge >= 0.3 is 5.97 Å². The van der Waals surface area contributed by atoms with Crippen molar-refractivity contribution >= 4 is 11.9 Å². The lowest BCUT2D eigenvalue weighted by molar-refractivity contribution is -0.129. The molecule has 1 aliphatic carbocycles. The molecule has 1 saturated carbocycles. The molecule has 5 heteroatoms. The number of amides is 1. The summed E-state index contributed by atoms with van der Waals surface area (Å²) >= 11 is 0. The molecular weight excluding hydrogens is 210 g/mol. The lowest BCUT2D eigenvalue weighted by Gasteiger charge is -2.11. The number of rotatable bonds is 4. The number of hydrogen-bond acceptors (Lipinski definition) is 4. The summed E-state index contributed by atoms with van der Waals surface area (Å²) in [6, 6.07) is 3.34. The molecule has 1 fully saturated rings. The molecule has 0 bridgehead atoms. The minimum Gasteiger partial charge on any atom is -0.457 e. The molecule has 1 aliphatic rings. The van der Waals surface area contributed by atoms with Gasteiger partial charge in [0.05, 0.1) is 6.26 Å². The molecule has 5 nitrogen and oxygen atoms in total. The Balaban J connectivity index is 1.83. The van der Waals surface area contributed by atoms with Crippen molar-refractivity contribution in [3.8, 4) is 0 Å². The molecule has 0 saturated heterocycles. The van der Waals surface area contributed by atoms with E-state index in [0.29, 0.717) is 0 Å². The van der Waals surface area contributed by atoms with Gasteiger partial charge in [-0.25, -0.2) is 4.79 Å². The van der Waals surface area contributed by atoms with Gasteiger partial charge in [-0.2, -0.15) is 0 Å². The van der Waals surface area contributed by atoms with Crippen LogP contribution in [0.15, 0.2) is 22.8 Å². The number of hydrogen-bond donors (Lipinski definition) is 1. The van der Waals surface area contributed by atoms with Crippen LogP contribution in [0.5, 0.6) is 0 Å². The zero-order chi connectivity index (χ0) is 11.5. The topological polar surface area (TPSA) is 68.5 Å². The van der Waals surface area contributed by atoms with Gasteiger partial charge in [-0.3, -0.25) is 4.79 Å². The lowest BCUT2D eigenvalue weighted by atomic mass is 10.3. The van der Waals surface area contributed by atoms with E-state index >= 15 is 0 Å². The largest absolute Gasteiger partial charge is 0.457 e. The van der Waals surface area contributed by atoms with Crippen LogP contribution in [0.1, 0.15) is 30.3 Å². The van der Waals surface area contributed by atoms with E-state index in [1.165, 1.54) is 12.3 Å². The minimum absolute atomic E-state index is 0.103. The average molecular weight is 223 g/mol. The Bertz CT molecular complexity index is 381. The highest BCUT2D eigenvalue weighted by Gasteiger charge is 2.27. The van der Waals surface area contributed by atoms with Crippen molar-refractivity contribution in [1.29, 1.82) is 0 Å². The van der Waals surface area contributed by atoms with Gasteiger partial charge < -0.3 is 14.5 Å². The summed E-state index contributed by atoms with van der Waals surface area (Å²) in [5.74, 6) is -0.781. The number of esters is 1. The molecule has 0 aliphatic heterocycles. The molecule has 0 spiro atoms. The first-order chi connectivity index (χ1) is 7.66. The van der Waals surface area contributed by atoms with E-state index in [0.717, 1.165) is 12.8 Å². The van der Waals surface area contributed by atoms with Gasteiger partial charge in [-0.1, -0.05) is 0 Å². The highest BCUT2D eigenvalue weighted by molar-refractivity contribution is 5.90. The molecule has 86 valence electrons. The fraction of sp³-hybridized carbons (Fsp3) is 0.455. The van der Waals surface area contributed by atoms with Crippen LogP contribution in [-0.4, -0.2) is 24.0 Å². The lowest BCUT2D eigenvalue weighted by Crippen LogP contribution is -2.37. The Kier molecular flexibility index (Phi) is 2.94. The first-order valence-corrected chi connectivity index (χ1v) is 5.21. The van der Waals surface area contributed by atoms with E-state index in [4.69, 9.17) is 9.15 Å². The van der Waals surface area contributed by atoms with Gasteiger partial charge in [0.25, 0.3) is 5.91 Å². The summed E-state index contributed by atoms with van der Waals surface area (Å²) in [6.07, 6.45) is 2.60. The van der Waals surface area contributed by atoms with Crippen molar-refractivity contribution < 1.29 is 18.7 Å². The molecule has 0 aromatic carbocycles. The first-order valence-electron chi connectivity index (χ1n) is 5.21. The van der Waals surface area contributed by atoms with Gasteiger partial charge in [0.2, 0.25) is 5.76 Å². The van der Waals surface area contributed by atoms with Crippen LogP contribution in [0, 0.1) is 0 Å². The third kappa shape index (κ3) is 2.62. The molecule has 2 rings (SSSR count). The maximum atomic E-state index is 11.5. The number of ether oxygens (including phenoxy) is 1. The Morgan fingerprint density at radius 2 is 2.31 bits per heavy atom. The average Bonchev–Trinajstić information content (AvgIpc) is 2.89. The third-order valence-corrected chi connectivity index (χ3v) is 2.30. The maximum absolute atomic E-state index is 11.5. The maximum Gasteiger partial charge on any atom is 0.374 e. The summed E-state index contributed by atoms with van der Waals surface area (Å²) < 4.78 is 9.80. The van der Waals surface area contributed by atoms with Gasteiger partial charge in [0.1, 0.15) is 0 Å². The van der Waals surface area contributed by atoms with Crippen molar-refractivity contribution in [1.82, 2.24) is 5.32 Å². The van der Waals surface area contributed by atoms with E-state index in [9.17, 15) is 9.59 Å². The van der Waals surface area contributed by atoms with E-state index in [1.807, 2.05) is 0 Å².